The molecule has 2 aromatic rings. The average Bonchev–Trinajstić information content (AvgIpc) is 2.88. The Labute approximate surface area is 124 Å². The zero-order valence-electron chi connectivity index (χ0n) is 11.8. The fraction of sp³-hybridized carbons (Fsp3) is 0.105. The van der Waals surface area contributed by atoms with Crippen LogP contribution in [-0.4, -0.2) is 5.97 Å². The van der Waals surface area contributed by atoms with Gasteiger partial charge in [-0.05, 0) is 18.1 Å². The van der Waals surface area contributed by atoms with Crippen molar-refractivity contribution in [3.63, 3.8) is 0 Å². The van der Waals surface area contributed by atoms with E-state index in [1.165, 1.54) is 5.56 Å². The van der Waals surface area contributed by atoms with Crippen molar-refractivity contribution in [2.45, 2.75) is 13.0 Å². The quantitative estimate of drug-likeness (QED) is 0.784. The maximum absolute atomic E-state index is 11.6. The number of carbonyl (C=O) groups is 1. The van der Waals surface area contributed by atoms with Crippen LogP contribution in [0.1, 0.15) is 22.8 Å². The second-order valence-electron chi connectivity index (χ2n) is 5.12. The molecule has 0 N–H and O–H groups in total. The molecule has 1 atom stereocenters. The van der Waals surface area contributed by atoms with Crippen LogP contribution in [0.3, 0.4) is 0 Å². The Balaban J connectivity index is 1.85. The Morgan fingerprint density at radius 2 is 1.67 bits per heavy atom. The summed E-state index contributed by atoms with van der Waals surface area (Å²) in [6.45, 7) is 2.04. The number of cyclic esters (lactones) is 1. The van der Waals surface area contributed by atoms with E-state index in [4.69, 9.17) is 4.74 Å². The molecule has 0 saturated carbocycles. The topological polar surface area (TPSA) is 26.3 Å². The van der Waals surface area contributed by atoms with E-state index < -0.39 is 0 Å². The van der Waals surface area contributed by atoms with Crippen LogP contribution in [-0.2, 0) is 9.53 Å². The van der Waals surface area contributed by atoms with Crippen molar-refractivity contribution < 1.29 is 9.53 Å². The molecule has 1 heterocycles. The minimum atomic E-state index is -0.307. The third-order valence-corrected chi connectivity index (χ3v) is 3.47. The number of hydrogen-bond acceptors (Lipinski definition) is 2. The molecule has 3 rings (SSSR count). The molecule has 0 amide bonds. The van der Waals surface area contributed by atoms with Crippen LogP contribution in [0.5, 0.6) is 0 Å². The van der Waals surface area contributed by atoms with Gasteiger partial charge in [0.05, 0.1) is 0 Å². The number of hydrogen-bond donors (Lipinski definition) is 0. The van der Waals surface area contributed by atoms with Gasteiger partial charge in [-0.3, -0.25) is 0 Å². The Kier molecular flexibility index (Phi) is 3.69. The highest BCUT2D eigenvalue weighted by atomic mass is 16.5. The molecule has 0 spiro atoms. The fourth-order valence-corrected chi connectivity index (χ4v) is 2.32. The van der Waals surface area contributed by atoms with Crippen LogP contribution in [0, 0.1) is 6.92 Å². The minimum Gasteiger partial charge on any atom is -0.449 e. The highest BCUT2D eigenvalue weighted by Crippen LogP contribution is 2.32. The van der Waals surface area contributed by atoms with E-state index in [0.717, 1.165) is 16.7 Å². The maximum Gasteiger partial charge on any atom is 0.332 e. The highest BCUT2D eigenvalue weighted by molar-refractivity contribution is 5.87. The third-order valence-electron chi connectivity index (χ3n) is 3.47. The number of esters is 1. The summed E-state index contributed by atoms with van der Waals surface area (Å²) in [4.78, 5) is 11.6. The number of benzene rings is 2. The molecule has 1 aliphatic heterocycles. The summed E-state index contributed by atoms with van der Waals surface area (Å²) in [6, 6.07) is 18.1. The molecule has 21 heavy (non-hydrogen) atoms. The smallest absolute Gasteiger partial charge is 0.332 e. The van der Waals surface area contributed by atoms with E-state index in [9.17, 15) is 4.79 Å². The Bertz CT molecular complexity index is 694. The van der Waals surface area contributed by atoms with Gasteiger partial charge >= 0.3 is 5.97 Å². The van der Waals surface area contributed by atoms with Crippen LogP contribution in [0.25, 0.3) is 6.08 Å². The van der Waals surface area contributed by atoms with E-state index in [1.54, 1.807) is 6.08 Å². The van der Waals surface area contributed by atoms with Gasteiger partial charge in [0.2, 0.25) is 0 Å². The first kappa shape index (κ1) is 13.4. The second-order valence-corrected chi connectivity index (χ2v) is 5.12. The monoisotopic (exact) mass is 276 g/mol. The van der Waals surface area contributed by atoms with Crippen LogP contribution < -0.4 is 0 Å². The highest BCUT2D eigenvalue weighted by Gasteiger charge is 2.25. The summed E-state index contributed by atoms with van der Waals surface area (Å²) in [5.74, 6) is -0.284. The van der Waals surface area contributed by atoms with Crippen molar-refractivity contribution in [3.05, 3.63) is 89.0 Å². The number of aryl methyl sites for hydroxylation is 1. The summed E-state index contributed by atoms with van der Waals surface area (Å²) in [7, 11) is 0. The van der Waals surface area contributed by atoms with Gasteiger partial charge in [-0.15, -0.1) is 0 Å². The van der Waals surface area contributed by atoms with Crippen molar-refractivity contribution in [1.82, 2.24) is 0 Å². The van der Waals surface area contributed by atoms with Crippen molar-refractivity contribution in [2.75, 3.05) is 0 Å². The average molecular weight is 276 g/mol. The van der Waals surface area contributed by atoms with Gasteiger partial charge in [0.1, 0.15) is 0 Å². The van der Waals surface area contributed by atoms with E-state index >= 15 is 0 Å². The number of rotatable bonds is 3. The molecule has 2 nitrogen and oxygen atoms in total. The lowest BCUT2D eigenvalue weighted by molar-refractivity contribution is -0.139. The third kappa shape index (κ3) is 3.11. The summed E-state index contributed by atoms with van der Waals surface area (Å²) in [6.07, 6.45) is 5.20. The molecule has 104 valence electrons. The summed E-state index contributed by atoms with van der Waals surface area (Å²) < 4.78 is 5.41. The number of carbonyl (C=O) groups excluding carboxylic acids is 1. The van der Waals surface area contributed by atoms with E-state index in [0.29, 0.717) is 0 Å². The van der Waals surface area contributed by atoms with Crippen molar-refractivity contribution in [2.24, 2.45) is 0 Å². The van der Waals surface area contributed by atoms with Crippen molar-refractivity contribution >= 4 is 12.0 Å². The fourth-order valence-electron chi connectivity index (χ4n) is 2.32. The Hall–Kier alpha value is -2.61. The van der Waals surface area contributed by atoms with Gasteiger partial charge in [0, 0.05) is 11.6 Å². The van der Waals surface area contributed by atoms with E-state index in [1.807, 2.05) is 73.7 Å². The van der Waals surface area contributed by atoms with E-state index in [-0.39, 0.29) is 12.1 Å². The largest absolute Gasteiger partial charge is 0.449 e. The number of ether oxygens (including phenoxy) is 1. The zero-order chi connectivity index (χ0) is 14.7. The summed E-state index contributed by atoms with van der Waals surface area (Å²) >= 11 is 0. The molecule has 0 radical (unpaired) electrons. The SMILES string of the molecule is Cc1ccc(C2OC(=O)C=C2/C=C/c2ccccc2)cc1. The standard InChI is InChI=1S/C19H16O2/c1-14-7-10-16(11-8-14)19-17(13-18(20)21-19)12-9-15-5-3-2-4-6-15/h2-13,19H,1H3/b12-9+. The molecular formula is C19H16O2. The van der Waals surface area contributed by atoms with Crippen LogP contribution in [0.2, 0.25) is 0 Å². The molecule has 0 aliphatic carbocycles. The van der Waals surface area contributed by atoms with Crippen LogP contribution >= 0.6 is 0 Å². The molecule has 1 unspecified atom stereocenters. The Morgan fingerprint density at radius 3 is 2.38 bits per heavy atom. The molecule has 0 bridgehead atoms. The predicted molar refractivity (Wildman–Crippen MR) is 83.6 cm³/mol. The van der Waals surface area contributed by atoms with Gasteiger partial charge in [0.25, 0.3) is 0 Å². The molecule has 2 heteroatoms. The van der Waals surface area contributed by atoms with Crippen LogP contribution in [0.4, 0.5) is 0 Å². The molecule has 0 fully saturated rings. The summed E-state index contributed by atoms with van der Waals surface area (Å²) in [5.41, 5.74) is 4.16. The van der Waals surface area contributed by atoms with Gasteiger partial charge in [-0.25, -0.2) is 4.79 Å². The normalized spacial score (nSPS) is 17.9. The maximum atomic E-state index is 11.6. The lowest BCUT2D eigenvalue weighted by Crippen LogP contribution is -2.02. The van der Waals surface area contributed by atoms with Gasteiger partial charge in [-0.1, -0.05) is 72.3 Å². The summed E-state index contributed by atoms with van der Waals surface area (Å²) in [5, 5.41) is 0. The molecule has 0 aromatic heterocycles. The molecule has 1 aliphatic rings. The van der Waals surface area contributed by atoms with E-state index in [2.05, 4.69) is 0 Å². The van der Waals surface area contributed by atoms with Crippen molar-refractivity contribution in [3.8, 4) is 0 Å². The lowest BCUT2D eigenvalue weighted by atomic mass is 10.0. The predicted octanol–water partition coefficient (Wildman–Crippen LogP) is 4.23. The first-order chi connectivity index (χ1) is 10.2. The van der Waals surface area contributed by atoms with Gasteiger partial charge < -0.3 is 4.74 Å². The first-order valence-corrected chi connectivity index (χ1v) is 6.94. The first-order valence-electron chi connectivity index (χ1n) is 6.94. The second kappa shape index (κ2) is 5.80. The van der Waals surface area contributed by atoms with Crippen LogP contribution in [0.15, 0.2) is 72.3 Å². The molecular weight excluding hydrogens is 260 g/mol. The lowest BCUT2D eigenvalue weighted by Gasteiger charge is -2.12. The van der Waals surface area contributed by atoms with Crippen molar-refractivity contribution in [1.29, 1.82) is 0 Å². The molecule has 2 aromatic carbocycles. The Morgan fingerprint density at radius 1 is 0.952 bits per heavy atom. The zero-order valence-corrected chi connectivity index (χ0v) is 11.8. The van der Waals surface area contributed by atoms with Gasteiger partial charge in [0.15, 0.2) is 6.10 Å². The van der Waals surface area contributed by atoms with Gasteiger partial charge in [-0.2, -0.15) is 0 Å². The molecule has 0 saturated heterocycles. The minimum absolute atomic E-state index is 0.284.